The molecule has 5 fully saturated rings. The Morgan fingerprint density at radius 3 is 2.63 bits per heavy atom. The molecule has 208 valence electrons. The van der Waals surface area contributed by atoms with E-state index < -0.39 is 23.4 Å². The summed E-state index contributed by atoms with van der Waals surface area (Å²) in [6, 6.07) is 0. The maximum atomic E-state index is 13.8. The Morgan fingerprint density at radius 2 is 1.95 bits per heavy atom. The molecular formula is C31H42O7. The highest BCUT2D eigenvalue weighted by Gasteiger charge is 2.97. The number of allylic oxidation sites excluding steroid dienone is 1. The number of hydrogen-bond acceptors (Lipinski definition) is 7. The standard InChI is InChI=1S/C31H42O7/c1-15-12-23(37-27(35)19(15)14-32)16(2)20-6-7-21-22-13-26-31(38-26)25(36-18(4)33)9-8-24(34)30(31)17(3)29(22,30)11-10-28(20,21)5/h8-9,16-18,20-23,25-26,32-33H,6-7,10-14H2,1-5H3/t16-,17?,18?,20?,21?,22?,23?,25+,26+,28+,29?,30+,31+/m0/s1. The first-order valence-corrected chi connectivity index (χ1v) is 14.7. The molecule has 0 bridgehead atoms. The summed E-state index contributed by atoms with van der Waals surface area (Å²) in [5.41, 5.74) is 0.235. The molecule has 0 amide bonds. The third kappa shape index (κ3) is 2.66. The first-order chi connectivity index (χ1) is 18.0. The molecule has 2 heterocycles. The molecule has 3 spiro atoms. The summed E-state index contributed by atoms with van der Waals surface area (Å²) in [5, 5.41) is 19.6. The van der Waals surface area contributed by atoms with Crippen LogP contribution in [-0.4, -0.2) is 58.8 Å². The van der Waals surface area contributed by atoms with Crippen LogP contribution in [0, 0.1) is 45.8 Å². The van der Waals surface area contributed by atoms with E-state index in [4.69, 9.17) is 14.2 Å². The molecule has 2 N–H and O–H groups in total. The topological polar surface area (TPSA) is 106 Å². The van der Waals surface area contributed by atoms with Crippen LogP contribution in [0.3, 0.4) is 0 Å². The summed E-state index contributed by atoms with van der Waals surface area (Å²) < 4.78 is 18.4. The molecule has 7 unspecified atom stereocenters. The molecule has 7 aliphatic rings. The third-order valence-corrected chi connectivity index (χ3v) is 13.1. The minimum Gasteiger partial charge on any atom is -0.458 e. The lowest BCUT2D eigenvalue weighted by atomic mass is 9.49. The molecule has 0 radical (unpaired) electrons. The lowest BCUT2D eigenvalue weighted by Crippen LogP contribution is -2.58. The number of ketones is 1. The first-order valence-electron chi connectivity index (χ1n) is 14.7. The lowest BCUT2D eigenvalue weighted by molar-refractivity contribution is -0.160. The smallest absolute Gasteiger partial charge is 0.336 e. The maximum absolute atomic E-state index is 13.8. The van der Waals surface area contributed by atoms with Crippen LogP contribution in [0.25, 0.3) is 0 Å². The zero-order valence-corrected chi connectivity index (χ0v) is 23.2. The molecule has 0 aromatic carbocycles. The van der Waals surface area contributed by atoms with Crippen LogP contribution in [0.5, 0.6) is 0 Å². The molecule has 4 saturated carbocycles. The predicted octanol–water partition coefficient (Wildman–Crippen LogP) is 3.72. The Labute approximate surface area is 225 Å². The van der Waals surface area contributed by atoms with Gasteiger partial charge in [0.15, 0.2) is 12.1 Å². The van der Waals surface area contributed by atoms with Crippen molar-refractivity contribution in [1.82, 2.24) is 0 Å². The van der Waals surface area contributed by atoms with Crippen LogP contribution in [0.1, 0.15) is 73.1 Å². The highest BCUT2D eigenvalue weighted by molar-refractivity contribution is 6.02. The number of hydrogen-bond donors (Lipinski definition) is 2. The number of aliphatic hydroxyl groups excluding tert-OH is 2. The average molecular weight is 527 g/mol. The van der Waals surface area contributed by atoms with Crippen LogP contribution >= 0.6 is 0 Å². The van der Waals surface area contributed by atoms with Crippen molar-refractivity contribution in [2.24, 2.45) is 45.8 Å². The van der Waals surface area contributed by atoms with Gasteiger partial charge in [0.2, 0.25) is 0 Å². The second kappa shape index (κ2) is 7.80. The number of rotatable bonds is 5. The van der Waals surface area contributed by atoms with E-state index in [-0.39, 0.29) is 53.2 Å². The van der Waals surface area contributed by atoms with Gasteiger partial charge in [-0.25, -0.2) is 4.79 Å². The molecule has 2 aliphatic heterocycles. The number of ether oxygens (including phenoxy) is 3. The first kappa shape index (κ1) is 25.4. The second-order valence-electron chi connectivity index (χ2n) is 13.9. The van der Waals surface area contributed by atoms with Crippen LogP contribution in [0.4, 0.5) is 0 Å². The Hall–Kier alpha value is -1.54. The average Bonchev–Trinajstić information content (AvgIpc) is 3.67. The highest BCUT2D eigenvalue weighted by Crippen LogP contribution is 2.91. The number of esters is 1. The van der Waals surface area contributed by atoms with Crippen LogP contribution in [-0.2, 0) is 23.8 Å². The maximum Gasteiger partial charge on any atom is 0.336 e. The van der Waals surface area contributed by atoms with Crippen molar-refractivity contribution in [2.75, 3.05) is 6.61 Å². The van der Waals surface area contributed by atoms with E-state index in [2.05, 4.69) is 20.8 Å². The molecule has 7 heteroatoms. The van der Waals surface area contributed by atoms with Crippen molar-refractivity contribution in [3.05, 3.63) is 23.3 Å². The fourth-order valence-corrected chi connectivity index (χ4v) is 11.6. The molecular weight excluding hydrogens is 484 g/mol. The van der Waals surface area contributed by atoms with Gasteiger partial charge in [0, 0.05) is 6.42 Å². The summed E-state index contributed by atoms with van der Waals surface area (Å²) >= 11 is 0. The van der Waals surface area contributed by atoms with Gasteiger partial charge in [-0.1, -0.05) is 26.3 Å². The van der Waals surface area contributed by atoms with E-state index in [1.54, 1.807) is 13.0 Å². The number of carbonyl (C=O) groups excluding carboxylic acids is 2. The van der Waals surface area contributed by atoms with E-state index in [9.17, 15) is 19.8 Å². The summed E-state index contributed by atoms with van der Waals surface area (Å²) in [4.78, 5) is 26.4. The van der Waals surface area contributed by atoms with E-state index in [0.717, 1.165) is 37.7 Å². The van der Waals surface area contributed by atoms with Crippen LogP contribution < -0.4 is 0 Å². The normalized spacial score (nSPS) is 53.7. The molecule has 38 heavy (non-hydrogen) atoms. The van der Waals surface area contributed by atoms with Crippen molar-refractivity contribution in [3.8, 4) is 0 Å². The summed E-state index contributed by atoms with van der Waals surface area (Å²) in [6.07, 6.45) is 8.02. The van der Waals surface area contributed by atoms with E-state index in [1.807, 2.05) is 13.0 Å². The minimum atomic E-state index is -0.913. The number of cyclic esters (lactones) is 1. The lowest BCUT2D eigenvalue weighted by Gasteiger charge is -2.55. The summed E-state index contributed by atoms with van der Waals surface area (Å²) in [5.74, 6) is 1.67. The van der Waals surface area contributed by atoms with Gasteiger partial charge in [-0.2, -0.15) is 0 Å². The van der Waals surface area contributed by atoms with E-state index in [1.165, 1.54) is 0 Å². The Bertz CT molecular complexity index is 1160. The molecule has 7 nitrogen and oxygen atoms in total. The number of carbonyl (C=O) groups is 2. The van der Waals surface area contributed by atoms with Crippen LogP contribution in [0.15, 0.2) is 23.3 Å². The van der Waals surface area contributed by atoms with Crippen molar-refractivity contribution in [1.29, 1.82) is 0 Å². The monoisotopic (exact) mass is 526 g/mol. The van der Waals surface area contributed by atoms with Crippen molar-refractivity contribution < 1.29 is 34.0 Å². The van der Waals surface area contributed by atoms with E-state index >= 15 is 0 Å². The Kier molecular flexibility index (Phi) is 5.22. The molecule has 1 saturated heterocycles. The molecule has 13 atom stereocenters. The fourth-order valence-electron chi connectivity index (χ4n) is 11.6. The number of aliphatic hydroxyl groups is 2. The van der Waals surface area contributed by atoms with Crippen molar-refractivity contribution in [2.45, 2.75) is 103 Å². The SMILES string of the molecule is CC1=C(CO)C(=O)OC([C@@H](C)C2CCC3C4C[C@H]5O[C@]56[C@H](OC(C)O)C=CC(=O)[C@@]65C(C)C45CC[C@@]32C)C1. The molecule has 0 aromatic heterocycles. The van der Waals surface area contributed by atoms with Gasteiger partial charge in [-0.05, 0) is 98.5 Å². The van der Waals surface area contributed by atoms with Gasteiger partial charge in [-0.15, -0.1) is 0 Å². The summed E-state index contributed by atoms with van der Waals surface area (Å²) in [7, 11) is 0. The minimum absolute atomic E-state index is 0.00830. The molecule has 7 rings (SSSR count). The van der Waals surface area contributed by atoms with Crippen molar-refractivity contribution in [3.63, 3.8) is 0 Å². The Balaban J connectivity index is 1.19. The van der Waals surface area contributed by atoms with Crippen molar-refractivity contribution >= 4 is 11.8 Å². The Morgan fingerprint density at radius 1 is 1.18 bits per heavy atom. The number of epoxide rings is 1. The molecule has 5 aliphatic carbocycles. The van der Waals surface area contributed by atoms with Gasteiger partial charge in [0.25, 0.3) is 0 Å². The van der Waals surface area contributed by atoms with Gasteiger partial charge >= 0.3 is 5.97 Å². The highest BCUT2D eigenvalue weighted by atomic mass is 16.7. The zero-order chi connectivity index (χ0) is 27.0. The van der Waals surface area contributed by atoms with Crippen LogP contribution in [0.2, 0.25) is 0 Å². The number of fused-ring (bicyclic) bond motifs is 2. The predicted molar refractivity (Wildman–Crippen MR) is 137 cm³/mol. The van der Waals surface area contributed by atoms with Gasteiger partial charge in [0.1, 0.15) is 17.8 Å². The quantitative estimate of drug-likeness (QED) is 0.320. The van der Waals surface area contributed by atoms with Gasteiger partial charge in [0.05, 0.1) is 23.7 Å². The fraction of sp³-hybridized carbons (Fsp3) is 0.806. The largest absolute Gasteiger partial charge is 0.458 e. The third-order valence-electron chi connectivity index (χ3n) is 13.1. The van der Waals surface area contributed by atoms with Gasteiger partial charge in [-0.3, -0.25) is 4.79 Å². The second-order valence-corrected chi connectivity index (χ2v) is 13.9. The van der Waals surface area contributed by atoms with Gasteiger partial charge < -0.3 is 24.4 Å². The zero-order valence-electron chi connectivity index (χ0n) is 23.2. The molecule has 0 aromatic rings. The summed E-state index contributed by atoms with van der Waals surface area (Å²) in [6.45, 7) is 10.3. The van der Waals surface area contributed by atoms with E-state index in [0.29, 0.717) is 29.7 Å².